The van der Waals surface area contributed by atoms with Crippen LogP contribution >= 0.6 is 0 Å². The molecule has 0 heterocycles. The molecule has 0 aliphatic rings. The average molecular weight is 175 g/mol. The minimum absolute atomic E-state index is 0.558. The van der Waals surface area contributed by atoms with Crippen molar-refractivity contribution in [3.05, 3.63) is 12.2 Å². The van der Waals surface area contributed by atoms with Crippen molar-refractivity contribution in [1.29, 1.82) is 0 Å². The molecule has 0 aromatic carbocycles. The largest absolute Gasteiger partial charge is 0.478 e. The molecule has 4 N–H and O–H groups in total. The van der Waals surface area contributed by atoms with Gasteiger partial charge in [0.2, 0.25) is 0 Å². The van der Waals surface area contributed by atoms with E-state index in [-0.39, 0.29) is 0 Å². The zero-order valence-electron chi connectivity index (χ0n) is 6.86. The minimum atomic E-state index is -1.26. The number of nitrogens with two attached hydrogens (primary N) is 1. The van der Waals surface area contributed by atoms with Crippen molar-refractivity contribution in [2.75, 3.05) is 6.54 Å². The summed E-state index contributed by atoms with van der Waals surface area (Å²) >= 11 is 0. The van der Waals surface area contributed by atoms with E-state index in [9.17, 15) is 9.59 Å². The Morgan fingerprint density at radius 1 is 1.25 bits per heavy atom. The van der Waals surface area contributed by atoms with Crippen molar-refractivity contribution >= 4 is 11.9 Å². The molecule has 70 valence electrons. The predicted octanol–water partition coefficient (Wildman–Crippen LogP) is 0.0669. The Kier molecular flexibility index (Phi) is 10.6. The number of rotatable bonds is 3. The molecule has 0 atom stereocenters. The molecule has 0 radical (unpaired) electrons. The molecule has 0 aromatic rings. The standard InChI is InChI=1S/C4H4O4.C3H9N/c5-3(6)1-2-4(7)8;1-2-3-4/h1-2H,(H,5,6)(H,7,8);2-4H2,1H3/b2-1-;. The van der Waals surface area contributed by atoms with Gasteiger partial charge in [-0.1, -0.05) is 6.92 Å². The number of hydrogen-bond acceptors (Lipinski definition) is 3. The third-order valence-corrected chi connectivity index (χ3v) is 0.657. The molecule has 0 rings (SSSR count). The van der Waals surface area contributed by atoms with Gasteiger partial charge in [-0.25, -0.2) is 9.59 Å². The highest BCUT2D eigenvalue weighted by Crippen LogP contribution is 1.70. The highest BCUT2D eigenvalue weighted by atomic mass is 16.4. The smallest absolute Gasteiger partial charge is 0.328 e. The molecule has 5 heteroatoms. The maximum absolute atomic E-state index is 9.55. The van der Waals surface area contributed by atoms with Gasteiger partial charge in [0.15, 0.2) is 0 Å². The van der Waals surface area contributed by atoms with Gasteiger partial charge in [0.25, 0.3) is 0 Å². The van der Waals surface area contributed by atoms with Crippen LogP contribution in [0.2, 0.25) is 0 Å². The first-order valence-electron chi connectivity index (χ1n) is 3.38. The van der Waals surface area contributed by atoms with Gasteiger partial charge in [-0.05, 0) is 13.0 Å². The van der Waals surface area contributed by atoms with E-state index >= 15 is 0 Å². The molecule has 0 spiro atoms. The lowest BCUT2D eigenvalue weighted by molar-refractivity contribution is -0.134. The first kappa shape index (κ1) is 13.2. The summed E-state index contributed by atoms with van der Waals surface area (Å²) in [5.41, 5.74) is 5.03. The van der Waals surface area contributed by atoms with Crippen LogP contribution in [-0.4, -0.2) is 28.7 Å². The van der Waals surface area contributed by atoms with Crippen molar-refractivity contribution in [1.82, 2.24) is 0 Å². The van der Waals surface area contributed by atoms with Gasteiger partial charge < -0.3 is 15.9 Å². The van der Waals surface area contributed by atoms with Crippen LogP contribution in [0.3, 0.4) is 0 Å². The van der Waals surface area contributed by atoms with E-state index in [1.54, 1.807) is 0 Å². The summed E-state index contributed by atoms with van der Waals surface area (Å²) in [7, 11) is 0. The zero-order valence-corrected chi connectivity index (χ0v) is 6.86. The number of carbonyl (C=O) groups is 2. The molecule has 0 bridgehead atoms. The fourth-order valence-electron chi connectivity index (χ4n) is 0.143. The lowest BCUT2D eigenvalue weighted by Gasteiger charge is -1.74. The monoisotopic (exact) mass is 175 g/mol. The van der Waals surface area contributed by atoms with Crippen LogP contribution in [0, 0.1) is 0 Å². The first-order chi connectivity index (χ1) is 5.54. The van der Waals surface area contributed by atoms with Crippen LogP contribution in [0.25, 0.3) is 0 Å². The normalized spacial score (nSPS) is 8.83. The van der Waals surface area contributed by atoms with Crippen molar-refractivity contribution in [3.63, 3.8) is 0 Å². The fourth-order valence-corrected chi connectivity index (χ4v) is 0.143. The highest BCUT2D eigenvalue weighted by Gasteiger charge is 1.88. The summed E-state index contributed by atoms with van der Waals surface area (Å²) in [5.74, 6) is -2.51. The van der Waals surface area contributed by atoms with E-state index in [0.29, 0.717) is 12.2 Å². The molecule has 12 heavy (non-hydrogen) atoms. The minimum Gasteiger partial charge on any atom is -0.478 e. The number of carboxylic acid groups (broad SMARTS) is 2. The first-order valence-corrected chi connectivity index (χ1v) is 3.38. The van der Waals surface area contributed by atoms with E-state index in [4.69, 9.17) is 15.9 Å². The van der Waals surface area contributed by atoms with E-state index in [1.807, 2.05) is 0 Å². The molecule has 0 fully saturated rings. The van der Waals surface area contributed by atoms with Gasteiger partial charge in [-0.2, -0.15) is 0 Å². The van der Waals surface area contributed by atoms with Gasteiger partial charge in [0.05, 0.1) is 0 Å². The quantitative estimate of drug-likeness (QED) is 0.527. The summed E-state index contributed by atoms with van der Waals surface area (Å²) in [6.07, 6.45) is 2.21. The van der Waals surface area contributed by atoms with Gasteiger partial charge in [0.1, 0.15) is 0 Å². The summed E-state index contributed by atoms with van der Waals surface area (Å²) in [6.45, 7) is 2.88. The van der Waals surface area contributed by atoms with E-state index in [1.165, 1.54) is 0 Å². The van der Waals surface area contributed by atoms with Crippen molar-refractivity contribution < 1.29 is 19.8 Å². The number of aliphatic carboxylic acids is 2. The van der Waals surface area contributed by atoms with Crippen LogP contribution < -0.4 is 5.73 Å². The fraction of sp³-hybridized carbons (Fsp3) is 0.429. The van der Waals surface area contributed by atoms with Crippen molar-refractivity contribution in [2.24, 2.45) is 5.73 Å². The van der Waals surface area contributed by atoms with Crippen LogP contribution in [0.15, 0.2) is 12.2 Å². The predicted molar refractivity (Wildman–Crippen MR) is 43.8 cm³/mol. The average Bonchev–Trinajstić information content (AvgIpc) is 2.01. The maximum atomic E-state index is 9.55. The molecule has 5 nitrogen and oxygen atoms in total. The lowest BCUT2D eigenvalue weighted by atomic mass is 10.5. The SMILES string of the molecule is CCCN.O=C(O)/C=C\C(=O)O. The van der Waals surface area contributed by atoms with Gasteiger partial charge in [-0.15, -0.1) is 0 Å². The summed E-state index contributed by atoms with van der Waals surface area (Å²) in [5, 5.41) is 15.6. The van der Waals surface area contributed by atoms with Crippen LogP contribution in [0.1, 0.15) is 13.3 Å². The molecular formula is C7H13NO4. The summed E-state index contributed by atoms with van der Waals surface area (Å²) in [6, 6.07) is 0. The van der Waals surface area contributed by atoms with Crippen molar-refractivity contribution in [3.8, 4) is 0 Å². The van der Waals surface area contributed by atoms with Gasteiger partial charge in [0, 0.05) is 12.2 Å². The zero-order chi connectivity index (χ0) is 9.98. The van der Waals surface area contributed by atoms with Gasteiger partial charge in [-0.3, -0.25) is 0 Å². The molecule has 0 saturated heterocycles. The van der Waals surface area contributed by atoms with E-state index < -0.39 is 11.9 Å². The molecule has 0 aliphatic heterocycles. The summed E-state index contributed by atoms with van der Waals surface area (Å²) < 4.78 is 0. The molecule has 0 saturated carbocycles. The van der Waals surface area contributed by atoms with Crippen LogP contribution in [-0.2, 0) is 9.59 Å². The maximum Gasteiger partial charge on any atom is 0.328 e. The Balaban J connectivity index is 0. The molecule has 0 unspecified atom stereocenters. The third kappa shape index (κ3) is 23.4. The van der Waals surface area contributed by atoms with Crippen LogP contribution in [0.4, 0.5) is 0 Å². The number of carboxylic acids is 2. The highest BCUT2D eigenvalue weighted by molar-refractivity contribution is 5.89. The second-order valence-corrected chi connectivity index (χ2v) is 1.80. The van der Waals surface area contributed by atoms with Crippen LogP contribution in [0.5, 0.6) is 0 Å². The molecule has 0 aromatic heterocycles. The topological polar surface area (TPSA) is 101 Å². The Morgan fingerprint density at radius 2 is 1.50 bits per heavy atom. The molecular weight excluding hydrogens is 162 g/mol. The van der Waals surface area contributed by atoms with Crippen molar-refractivity contribution in [2.45, 2.75) is 13.3 Å². The Morgan fingerprint density at radius 3 is 1.58 bits per heavy atom. The van der Waals surface area contributed by atoms with E-state index in [0.717, 1.165) is 13.0 Å². The summed E-state index contributed by atoms with van der Waals surface area (Å²) in [4.78, 5) is 19.1. The lowest BCUT2D eigenvalue weighted by Crippen LogP contribution is -1.93. The molecule has 0 aliphatic carbocycles. The Labute approximate surface area is 70.5 Å². The Bertz CT molecular complexity index is 147. The second-order valence-electron chi connectivity index (χ2n) is 1.80. The van der Waals surface area contributed by atoms with E-state index in [2.05, 4.69) is 6.92 Å². The Hall–Kier alpha value is -1.36. The van der Waals surface area contributed by atoms with Gasteiger partial charge >= 0.3 is 11.9 Å². The second kappa shape index (κ2) is 9.64. The third-order valence-electron chi connectivity index (χ3n) is 0.657. The molecule has 0 amide bonds. The number of hydrogen-bond donors (Lipinski definition) is 3.